The zero-order chi connectivity index (χ0) is 12.7. The van der Waals surface area contributed by atoms with Gasteiger partial charge in [0.2, 0.25) is 0 Å². The molecule has 0 aliphatic carbocycles. The summed E-state index contributed by atoms with van der Waals surface area (Å²) in [5, 5.41) is 2.96. The van der Waals surface area contributed by atoms with Crippen LogP contribution >= 0.6 is 38.5 Å². The van der Waals surface area contributed by atoms with Gasteiger partial charge in [-0.25, -0.2) is 0 Å². The minimum Gasteiger partial charge on any atom is -0.352 e. The number of hydrogen-bond acceptors (Lipinski definition) is 1. The zero-order valence-corrected chi connectivity index (χ0v) is 13.7. The van der Waals surface area contributed by atoms with Crippen LogP contribution in [-0.2, 0) is 0 Å². The first-order valence-electron chi connectivity index (χ1n) is 5.88. The zero-order valence-electron chi connectivity index (χ0n) is 9.93. The fourth-order valence-electron chi connectivity index (χ4n) is 1.52. The van der Waals surface area contributed by atoms with E-state index in [0.717, 1.165) is 26.6 Å². The summed E-state index contributed by atoms with van der Waals surface area (Å²) in [4.78, 5) is 11.9. The Hall–Kier alpha value is -0.100. The highest BCUT2D eigenvalue weighted by Crippen LogP contribution is 2.18. The first-order chi connectivity index (χ1) is 8.15. The fraction of sp³-hybridized carbons (Fsp3) is 0.462. The SMILES string of the molecule is CCCCCCNC(=O)c1cc(Br)ccc1I. The molecule has 0 atom stereocenters. The van der Waals surface area contributed by atoms with Crippen LogP contribution in [0, 0.1) is 3.57 Å². The van der Waals surface area contributed by atoms with E-state index in [1.54, 1.807) is 0 Å². The Morgan fingerprint density at radius 3 is 2.82 bits per heavy atom. The fourth-order valence-corrected chi connectivity index (χ4v) is 2.46. The quantitative estimate of drug-likeness (QED) is 0.548. The molecular weight excluding hydrogens is 393 g/mol. The smallest absolute Gasteiger partial charge is 0.252 e. The third-order valence-electron chi connectivity index (χ3n) is 2.49. The number of benzene rings is 1. The molecule has 1 aromatic rings. The van der Waals surface area contributed by atoms with E-state index in [2.05, 4.69) is 50.8 Å². The molecule has 0 unspecified atom stereocenters. The summed E-state index contributed by atoms with van der Waals surface area (Å²) in [5.41, 5.74) is 0.746. The molecule has 0 radical (unpaired) electrons. The maximum Gasteiger partial charge on any atom is 0.252 e. The average molecular weight is 410 g/mol. The number of carbonyl (C=O) groups is 1. The van der Waals surface area contributed by atoms with E-state index in [4.69, 9.17) is 0 Å². The molecular formula is C13H17BrINO. The summed E-state index contributed by atoms with van der Waals surface area (Å²) in [6.07, 6.45) is 4.71. The number of nitrogens with one attached hydrogen (secondary N) is 1. The van der Waals surface area contributed by atoms with Crippen molar-refractivity contribution < 1.29 is 4.79 Å². The Kier molecular flexibility index (Phi) is 7.11. The molecule has 0 heterocycles. The highest BCUT2D eigenvalue weighted by Gasteiger charge is 2.09. The molecule has 1 rings (SSSR count). The molecule has 1 amide bonds. The lowest BCUT2D eigenvalue weighted by atomic mass is 10.2. The van der Waals surface area contributed by atoms with Crippen LogP contribution in [-0.4, -0.2) is 12.5 Å². The van der Waals surface area contributed by atoms with E-state index in [1.807, 2.05) is 18.2 Å². The van der Waals surface area contributed by atoms with Crippen molar-refractivity contribution in [2.45, 2.75) is 32.6 Å². The minimum absolute atomic E-state index is 0.0206. The first-order valence-corrected chi connectivity index (χ1v) is 7.75. The normalized spacial score (nSPS) is 10.3. The maximum atomic E-state index is 11.9. The van der Waals surface area contributed by atoms with Crippen molar-refractivity contribution in [3.63, 3.8) is 0 Å². The molecule has 0 saturated carbocycles. The topological polar surface area (TPSA) is 29.1 Å². The molecule has 0 aliphatic heterocycles. The average Bonchev–Trinajstić information content (AvgIpc) is 2.32. The second-order valence-corrected chi connectivity index (χ2v) is 6.02. The van der Waals surface area contributed by atoms with Gasteiger partial charge in [0.25, 0.3) is 5.91 Å². The van der Waals surface area contributed by atoms with Crippen LogP contribution in [0.1, 0.15) is 43.0 Å². The van der Waals surface area contributed by atoms with E-state index in [-0.39, 0.29) is 5.91 Å². The van der Waals surface area contributed by atoms with Crippen LogP contribution in [0.25, 0.3) is 0 Å². The van der Waals surface area contributed by atoms with Crippen LogP contribution in [0.2, 0.25) is 0 Å². The monoisotopic (exact) mass is 409 g/mol. The van der Waals surface area contributed by atoms with Crippen molar-refractivity contribution in [1.82, 2.24) is 5.32 Å². The number of hydrogen-bond donors (Lipinski definition) is 1. The van der Waals surface area contributed by atoms with Crippen molar-refractivity contribution >= 4 is 44.4 Å². The molecule has 1 aromatic carbocycles. The van der Waals surface area contributed by atoms with E-state index in [9.17, 15) is 4.79 Å². The molecule has 17 heavy (non-hydrogen) atoms. The second-order valence-electron chi connectivity index (χ2n) is 3.94. The Bertz CT molecular complexity index is 382. The van der Waals surface area contributed by atoms with E-state index in [1.165, 1.54) is 19.3 Å². The summed E-state index contributed by atoms with van der Waals surface area (Å²) < 4.78 is 1.92. The van der Waals surface area contributed by atoms with Gasteiger partial charge in [-0.1, -0.05) is 42.1 Å². The van der Waals surface area contributed by atoms with Gasteiger partial charge >= 0.3 is 0 Å². The number of rotatable bonds is 6. The van der Waals surface area contributed by atoms with Gasteiger partial charge in [-0.15, -0.1) is 0 Å². The molecule has 2 nitrogen and oxygen atoms in total. The Balaban J connectivity index is 2.44. The Morgan fingerprint density at radius 1 is 1.35 bits per heavy atom. The largest absolute Gasteiger partial charge is 0.352 e. The summed E-state index contributed by atoms with van der Waals surface area (Å²) in [6.45, 7) is 2.95. The summed E-state index contributed by atoms with van der Waals surface area (Å²) >= 11 is 5.57. The van der Waals surface area contributed by atoms with E-state index < -0.39 is 0 Å². The van der Waals surface area contributed by atoms with Crippen molar-refractivity contribution in [3.05, 3.63) is 31.8 Å². The lowest BCUT2D eigenvalue weighted by molar-refractivity contribution is 0.0952. The molecule has 0 aliphatic rings. The van der Waals surface area contributed by atoms with E-state index >= 15 is 0 Å². The molecule has 0 bridgehead atoms. The second kappa shape index (κ2) is 8.08. The molecule has 94 valence electrons. The Labute approximate surface area is 125 Å². The van der Waals surface area contributed by atoms with Gasteiger partial charge in [0.05, 0.1) is 5.56 Å². The van der Waals surface area contributed by atoms with Crippen molar-refractivity contribution in [2.75, 3.05) is 6.54 Å². The number of unbranched alkanes of at least 4 members (excludes halogenated alkanes) is 3. The van der Waals surface area contributed by atoms with E-state index in [0.29, 0.717) is 0 Å². The van der Waals surface area contributed by atoms with Crippen LogP contribution in [0.3, 0.4) is 0 Å². The third kappa shape index (κ3) is 5.38. The summed E-state index contributed by atoms with van der Waals surface area (Å²) in [5.74, 6) is 0.0206. The Morgan fingerprint density at radius 2 is 2.12 bits per heavy atom. The predicted octanol–water partition coefficient (Wildman–Crippen LogP) is 4.36. The highest BCUT2D eigenvalue weighted by molar-refractivity contribution is 14.1. The van der Waals surface area contributed by atoms with Crippen LogP contribution < -0.4 is 5.32 Å². The number of carbonyl (C=O) groups excluding carboxylic acids is 1. The maximum absolute atomic E-state index is 11.9. The lowest BCUT2D eigenvalue weighted by Gasteiger charge is -2.07. The lowest BCUT2D eigenvalue weighted by Crippen LogP contribution is -2.25. The van der Waals surface area contributed by atoms with Crippen molar-refractivity contribution in [2.24, 2.45) is 0 Å². The molecule has 0 spiro atoms. The molecule has 0 aromatic heterocycles. The molecule has 1 N–H and O–H groups in total. The molecule has 0 saturated heterocycles. The van der Waals surface area contributed by atoms with Gasteiger partial charge in [0, 0.05) is 14.6 Å². The predicted molar refractivity (Wildman–Crippen MR) is 83.3 cm³/mol. The first kappa shape index (κ1) is 15.0. The van der Waals surface area contributed by atoms with Crippen LogP contribution in [0.4, 0.5) is 0 Å². The van der Waals surface area contributed by atoms with Gasteiger partial charge < -0.3 is 5.32 Å². The minimum atomic E-state index is 0.0206. The van der Waals surface area contributed by atoms with Crippen molar-refractivity contribution in [3.8, 4) is 0 Å². The van der Waals surface area contributed by atoms with Gasteiger partial charge in [0.1, 0.15) is 0 Å². The van der Waals surface area contributed by atoms with Crippen molar-refractivity contribution in [1.29, 1.82) is 0 Å². The molecule has 0 fully saturated rings. The van der Waals surface area contributed by atoms with Gasteiger partial charge in [0.15, 0.2) is 0 Å². The summed E-state index contributed by atoms with van der Waals surface area (Å²) in [6, 6.07) is 5.75. The summed E-state index contributed by atoms with van der Waals surface area (Å²) in [7, 11) is 0. The molecule has 4 heteroatoms. The van der Waals surface area contributed by atoms with Crippen LogP contribution in [0.15, 0.2) is 22.7 Å². The number of amides is 1. The van der Waals surface area contributed by atoms with Gasteiger partial charge in [-0.05, 0) is 47.2 Å². The standard InChI is InChI=1S/C13H17BrINO/c1-2-3-4-5-8-16-13(17)11-9-10(14)6-7-12(11)15/h6-7,9H,2-5,8H2,1H3,(H,16,17). The number of halogens is 2. The van der Waals surface area contributed by atoms with Gasteiger partial charge in [-0.3, -0.25) is 4.79 Å². The van der Waals surface area contributed by atoms with Crippen LogP contribution in [0.5, 0.6) is 0 Å². The third-order valence-corrected chi connectivity index (χ3v) is 3.92. The highest BCUT2D eigenvalue weighted by atomic mass is 127. The van der Waals surface area contributed by atoms with Gasteiger partial charge in [-0.2, -0.15) is 0 Å².